The van der Waals surface area contributed by atoms with Gasteiger partial charge in [0.15, 0.2) is 0 Å². The summed E-state index contributed by atoms with van der Waals surface area (Å²) in [5, 5.41) is 3.69. The van der Waals surface area contributed by atoms with Crippen LogP contribution in [0.4, 0.5) is 0 Å². The van der Waals surface area contributed by atoms with Crippen LogP contribution in [0.25, 0.3) is 0 Å². The van der Waals surface area contributed by atoms with Gasteiger partial charge in [-0.15, -0.1) is 0 Å². The Morgan fingerprint density at radius 2 is 2.19 bits per heavy atom. The molecule has 0 fully saturated rings. The Balaban J connectivity index is 1.82. The maximum absolute atomic E-state index is 4.66. The lowest BCUT2D eigenvalue weighted by Crippen LogP contribution is -2.36. The molecule has 0 saturated heterocycles. The largest absolute Gasteiger partial charge is 0.313 e. The molecule has 2 unspecified atom stereocenters. The molecule has 1 aromatic heterocycles. The Morgan fingerprint density at radius 1 is 1.29 bits per heavy atom. The van der Waals surface area contributed by atoms with Gasteiger partial charge in [-0.1, -0.05) is 42.8 Å². The number of hydrogen-bond donors (Lipinski definition) is 1. The monoisotopic (exact) mass is 280 g/mol. The molecule has 2 heteroatoms. The fourth-order valence-electron chi connectivity index (χ4n) is 3.55. The van der Waals surface area contributed by atoms with Crippen molar-refractivity contribution in [1.29, 1.82) is 0 Å². The van der Waals surface area contributed by atoms with Crippen molar-refractivity contribution in [3.8, 4) is 0 Å². The molecule has 0 aliphatic heterocycles. The first-order valence-corrected chi connectivity index (χ1v) is 8.00. The molecule has 110 valence electrons. The molecule has 2 aromatic rings. The number of aryl methyl sites for hydroxylation is 2. The van der Waals surface area contributed by atoms with Gasteiger partial charge in [0.05, 0.1) is 0 Å². The van der Waals surface area contributed by atoms with Crippen LogP contribution in [0.1, 0.15) is 41.6 Å². The zero-order valence-electron chi connectivity index (χ0n) is 13.0. The van der Waals surface area contributed by atoms with Gasteiger partial charge < -0.3 is 5.32 Å². The zero-order chi connectivity index (χ0) is 14.7. The smallest absolute Gasteiger partial charge is 0.0482 e. The Kier molecular flexibility index (Phi) is 4.35. The van der Waals surface area contributed by atoms with Gasteiger partial charge in [0, 0.05) is 23.9 Å². The van der Waals surface area contributed by atoms with Crippen LogP contribution in [-0.4, -0.2) is 17.6 Å². The van der Waals surface area contributed by atoms with Crippen LogP contribution in [0, 0.1) is 6.92 Å². The molecule has 0 saturated carbocycles. The minimum absolute atomic E-state index is 0.480. The summed E-state index contributed by atoms with van der Waals surface area (Å²) in [6.45, 7) is 5.37. The molecule has 2 atom stereocenters. The molecule has 2 nitrogen and oxygen atoms in total. The summed E-state index contributed by atoms with van der Waals surface area (Å²) in [7, 11) is 0. The Labute approximate surface area is 127 Å². The Morgan fingerprint density at radius 3 is 3.00 bits per heavy atom. The second-order valence-electron chi connectivity index (χ2n) is 6.05. The van der Waals surface area contributed by atoms with Crippen LogP contribution in [0.5, 0.6) is 0 Å². The number of nitrogens with zero attached hydrogens (tertiary/aromatic N) is 1. The average molecular weight is 280 g/mol. The third-order valence-electron chi connectivity index (χ3n) is 4.49. The topological polar surface area (TPSA) is 24.9 Å². The predicted octanol–water partition coefficient (Wildman–Crippen LogP) is 3.64. The number of likely N-dealkylation sites (N-methyl/N-ethyl adjacent to an activating group) is 1. The van der Waals surface area contributed by atoms with E-state index in [0.717, 1.165) is 13.0 Å². The molecular formula is C19H24N2. The molecule has 1 aliphatic carbocycles. The summed E-state index contributed by atoms with van der Waals surface area (Å²) < 4.78 is 0. The standard InChI is InChI=1S/C19H24N2/c1-3-20-18(13-15-7-4-6-14(2)12-15)17-10-9-16-8-5-11-21-19(16)17/h4-8,11-12,17-18,20H,3,9-10,13H2,1-2H3. The lowest BCUT2D eigenvalue weighted by atomic mass is 9.91. The molecule has 0 amide bonds. The number of benzene rings is 1. The lowest BCUT2D eigenvalue weighted by molar-refractivity contribution is 0.429. The van der Waals surface area contributed by atoms with Gasteiger partial charge in [-0.05, 0) is 49.9 Å². The van der Waals surface area contributed by atoms with E-state index in [2.05, 4.69) is 60.5 Å². The van der Waals surface area contributed by atoms with Crippen molar-refractivity contribution < 1.29 is 0 Å². The first-order chi connectivity index (χ1) is 10.3. The summed E-state index contributed by atoms with van der Waals surface area (Å²) in [5.41, 5.74) is 5.52. The van der Waals surface area contributed by atoms with Gasteiger partial charge in [0.2, 0.25) is 0 Å². The van der Waals surface area contributed by atoms with Crippen LogP contribution < -0.4 is 5.32 Å². The minimum atomic E-state index is 0.480. The van der Waals surface area contributed by atoms with E-state index in [-0.39, 0.29) is 0 Å². The molecule has 1 heterocycles. The molecular weight excluding hydrogens is 256 g/mol. The SMILES string of the molecule is CCNC(Cc1cccc(C)c1)C1CCc2cccnc21. The van der Waals surface area contributed by atoms with Gasteiger partial charge >= 0.3 is 0 Å². The van der Waals surface area contributed by atoms with Crippen molar-refractivity contribution in [1.82, 2.24) is 10.3 Å². The number of pyridine rings is 1. The summed E-state index contributed by atoms with van der Waals surface area (Å²) >= 11 is 0. The van der Waals surface area contributed by atoms with Crippen LogP contribution in [0.3, 0.4) is 0 Å². The van der Waals surface area contributed by atoms with Crippen molar-refractivity contribution in [2.75, 3.05) is 6.54 Å². The van der Waals surface area contributed by atoms with Crippen molar-refractivity contribution in [3.63, 3.8) is 0 Å². The molecule has 0 spiro atoms. The van der Waals surface area contributed by atoms with Crippen LogP contribution >= 0.6 is 0 Å². The van der Waals surface area contributed by atoms with E-state index >= 15 is 0 Å². The predicted molar refractivity (Wildman–Crippen MR) is 87.6 cm³/mol. The molecule has 21 heavy (non-hydrogen) atoms. The van der Waals surface area contributed by atoms with E-state index in [1.54, 1.807) is 0 Å². The van der Waals surface area contributed by atoms with Gasteiger partial charge in [0.25, 0.3) is 0 Å². The van der Waals surface area contributed by atoms with E-state index in [1.807, 2.05) is 6.20 Å². The van der Waals surface area contributed by atoms with Crippen molar-refractivity contribution >= 4 is 0 Å². The molecule has 1 aliphatic rings. The van der Waals surface area contributed by atoms with E-state index in [1.165, 1.54) is 35.2 Å². The van der Waals surface area contributed by atoms with Crippen LogP contribution in [-0.2, 0) is 12.8 Å². The number of aromatic nitrogens is 1. The Bertz CT molecular complexity index is 606. The number of nitrogens with one attached hydrogen (secondary N) is 1. The van der Waals surface area contributed by atoms with Crippen molar-refractivity contribution in [2.45, 2.75) is 45.1 Å². The Hall–Kier alpha value is -1.67. The van der Waals surface area contributed by atoms with Gasteiger partial charge in [0.1, 0.15) is 0 Å². The van der Waals surface area contributed by atoms with E-state index in [0.29, 0.717) is 12.0 Å². The third-order valence-corrected chi connectivity index (χ3v) is 4.49. The van der Waals surface area contributed by atoms with Crippen LogP contribution in [0.15, 0.2) is 42.6 Å². The molecule has 1 aromatic carbocycles. The highest BCUT2D eigenvalue weighted by molar-refractivity contribution is 5.31. The van der Waals surface area contributed by atoms with Gasteiger partial charge in [-0.2, -0.15) is 0 Å². The zero-order valence-corrected chi connectivity index (χ0v) is 13.0. The van der Waals surface area contributed by atoms with Crippen LogP contribution in [0.2, 0.25) is 0 Å². The third kappa shape index (κ3) is 3.16. The molecule has 0 bridgehead atoms. The summed E-state index contributed by atoms with van der Waals surface area (Å²) in [6.07, 6.45) is 5.41. The second kappa shape index (κ2) is 6.40. The highest BCUT2D eigenvalue weighted by atomic mass is 14.9. The van der Waals surface area contributed by atoms with E-state index in [9.17, 15) is 0 Å². The molecule has 1 N–H and O–H groups in total. The van der Waals surface area contributed by atoms with Gasteiger partial charge in [-0.3, -0.25) is 4.98 Å². The normalized spacial score (nSPS) is 18.5. The average Bonchev–Trinajstić information content (AvgIpc) is 2.91. The second-order valence-corrected chi connectivity index (χ2v) is 6.05. The molecule has 3 rings (SSSR count). The highest BCUT2D eigenvalue weighted by Gasteiger charge is 2.30. The maximum Gasteiger partial charge on any atom is 0.0482 e. The number of hydrogen-bond acceptors (Lipinski definition) is 2. The maximum atomic E-state index is 4.66. The quantitative estimate of drug-likeness (QED) is 0.904. The lowest BCUT2D eigenvalue weighted by Gasteiger charge is -2.25. The summed E-state index contributed by atoms with van der Waals surface area (Å²) in [5.74, 6) is 0.543. The summed E-state index contributed by atoms with van der Waals surface area (Å²) in [4.78, 5) is 4.66. The number of fused-ring (bicyclic) bond motifs is 1. The van der Waals surface area contributed by atoms with Crippen molar-refractivity contribution in [3.05, 3.63) is 65.0 Å². The fourth-order valence-corrected chi connectivity index (χ4v) is 3.55. The number of rotatable bonds is 5. The fraction of sp³-hybridized carbons (Fsp3) is 0.421. The van der Waals surface area contributed by atoms with Crippen molar-refractivity contribution in [2.24, 2.45) is 0 Å². The first kappa shape index (κ1) is 14.3. The minimum Gasteiger partial charge on any atom is -0.313 e. The van der Waals surface area contributed by atoms with E-state index in [4.69, 9.17) is 0 Å². The molecule has 0 radical (unpaired) electrons. The summed E-state index contributed by atoms with van der Waals surface area (Å²) in [6, 6.07) is 13.6. The van der Waals surface area contributed by atoms with E-state index < -0.39 is 0 Å². The first-order valence-electron chi connectivity index (χ1n) is 8.00. The van der Waals surface area contributed by atoms with Gasteiger partial charge in [-0.25, -0.2) is 0 Å². The highest BCUT2D eigenvalue weighted by Crippen LogP contribution is 2.34.